The van der Waals surface area contributed by atoms with Crippen LogP contribution in [0.1, 0.15) is 41.7 Å². The van der Waals surface area contributed by atoms with Gasteiger partial charge in [-0.25, -0.2) is 4.79 Å². The van der Waals surface area contributed by atoms with Crippen molar-refractivity contribution in [3.05, 3.63) is 58.1 Å². The molecule has 5 aliphatic carbocycles. The largest absolute Gasteiger partial charge is 0.459 e. The monoisotopic (exact) mass is 1070 g/mol. The van der Waals surface area contributed by atoms with Crippen molar-refractivity contribution in [2.45, 2.75) is 53.5 Å². The van der Waals surface area contributed by atoms with Gasteiger partial charge in [0.2, 0.25) is 11.8 Å². The molecule has 0 radical (unpaired) electrons. The number of benzene rings is 19. The fourth-order valence-electron chi connectivity index (χ4n) is 28.0. The standard InChI is InChI=1S/C77H18N2O4S/c1-75(2)70(74(82)83-8-9-6-4-3-5-7-9)79-72(81)68(73(79)84-75)78-71(80)69-76-64-56-48-38-28-20-12-10-11-14-18-16(12)24-32-26(18)36-30-22(14)23-15(11)19-17-13(10)21(20)29-35-25(17)33-27(19)37-31(23)41-40(30)50-44(36)54-46(32)52(42(48)34(24)28)60(64)62(54)66-58(50)59-51(41)45(37)55-47(33)53-43(35)49(39(29)38)57(56)65(76)61(53)63(55)67(59)77(66,69)76/h3-7,68-70,73H,8H2,1-2H3,(H,78,80)/t68-,69?,70+,73-,76?,77?/m1/s1. The molecule has 1 N–H and O–H groups in total. The van der Waals surface area contributed by atoms with Crippen LogP contribution in [0.2, 0.25) is 0 Å². The number of β-lactam (4-membered cyclic amide) rings is 1. The molecular formula is C77H18N2O4S. The molecule has 0 bridgehead atoms. The predicted molar refractivity (Wildman–Crippen MR) is 342 cm³/mol. The van der Waals surface area contributed by atoms with E-state index in [1.165, 1.54) is 162 Å². The Hall–Kier alpha value is -9.56. The lowest BCUT2D eigenvalue weighted by molar-refractivity contribution is -0.165. The maximum absolute atomic E-state index is 17.3. The highest BCUT2D eigenvalue weighted by molar-refractivity contribution is 8.01. The smallest absolute Gasteiger partial charge is 0.330 e. The van der Waals surface area contributed by atoms with Crippen LogP contribution >= 0.6 is 11.8 Å². The van der Waals surface area contributed by atoms with Gasteiger partial charge in [-0.05, 0) is 333 Å². The Kier molecular flexibility index (Phi) is 3.28. The van der Waals surface area contributed by atoms with E-state index in [0.717, 1.165) is 5.56 Å². The average Bonchev–Trinajstić information content (AvgIpc) is 1.37. The molecule has 2 amide bonds. The average molecular weight is 1070 g/mol. The maximum Gasteiger partial charge on any atom is 0.330 e. The van der Waals surface area contributed by atoms with Gasteiger partial charge in [-0.15, -0.1) is 11.8 Å². The molecule has 0 unspecified atom stereocenters. The third-order valence-corrected chi connectivity index (χ3v) is 30.3. The van der Waals surface area contributed by atoms with Crippen LogP contribution in [0.3, 0.4) is 0 Å². The zero-order valence-electron chi connectivity index (χ0n) is 43.4. The van der Waals surface area contributed by atoms with Crippen LogP contribution in [0.15, 0.2) is 30.3 Å². The molecule has 29 aromatic rings. The molecule has 1 saturated carbocycles. The molecule has 0 aromatic heterocycles. The van der Waals surface area contributed by atoms with Crippen LogP contribution in [0.25, 0.3) is 291 Å². The van der Waals surface area contributed by atoms with E-state index in [4.69, 9.17) is 4.74 Å². The summed E-state index contributed by atoms with van der Waals surface area (Å²) in [5, 5.41) is 86.2. The zero-order valence-corrected chi connectivity index (χ0v) is 44.2. The van der Waals surface area contributed by atoms with Gasteiger partial charge in [0.1, 0.15) is 24.1 Å². The van der Waals surface area contributed by atoms with Gasteiger partial charge in [0, 0.05) is 4.75 Å². The maximum atomic E-state index is 17.3. The molecule has 3 atom stereocenters. The van der Waals surface area contributed by atoms with Crippen LogP contribution < -0.4 is 5.32 Å². The van der Waals surface area contributed by atoms with Gasteiger partial charge >= 0.3 is 5.97 Å². The van der Waals surface area contributed by atoms with Gasteiger partial charge < -0.3 is 15.0 Å². The highest BCUT2D eigenvalue weighted by Crippen LogP contribution is 2.92. The fraction of sp³-hybridized carbons (Fsp3) is 0.130. The third kappa shape index (κ3) is 2.00. The number of rotatable bonds is 5. The van der Waals surface area contributed by atoms with Crippen molar-refractivity contribution in [1.82, 2.24) is 10.2 Å². The summed E-state index contributed by atoms with van der Waals surface area (Å²) in [6.45, 7) is 4.27. The Bertz CT molecular complexity index is 7540. The summed E-state index contributed by atoms with van der Waals surface area (Å²) in [5.41, 5.74) is 5.43. The van der Waals surface area contributed by atoms with Crippen LogP contribution in [0.5, 0.6) is 0 Å². The molecular weight excluding hydrogens is 1050 g/mol. The number of amides is 2. The zero-order chi connectivity index (χ0) is 51.5. The van der Waals surface area contributed by atoms with Gasteiger partial charge in [0.15, 0.2) is 0 Å². The number of hydrogen-bond acceptors (Lipinski definition) is 5. The van der Waals surface area contributed by atoms with E-state index in [9.17, 15) is 4.79 Å². The first-order chi connectivity index (χ1) is 41.4. The summed E-state index contributed by atoms with van der Waals surface area (Å²) in [6, 6.07) is 8.26. The van der Waals surface area contributed by atoms with Crippen molar-refractivity contribution in [3.63, 3.8) is 0 Å². The molecule has 84 heavy (non-hydrogen) atoms. The topological polar surface area (TPSA) is 75.7 Å². The molecule has 2 aliphatic heterocycles. The Morgan fingerprint density at radius 2 is 0.655 bits per heavy atom. The Balaban J connectivity index is 0.812. The van der Waals surface area contributed by atoms with Crippen LogP contribution in [0, 0.1) is 5.92 Å². The summed E-state index contributed by atoms with van der Waals surface area (Å²) >= 11 is 1.64. The van der Waals surface area contributed by atoms with E-state index in [2.05, 4.69) is 19.2 Å². The summed E-state index contributed by atoms with van der Waals surface area (Å²) in [5.74, 6) is -1.03. The van der Waals surface area contributed by atoms with Gasteiger partial charge in [-0.3, -0.25) is 9.59 Å². The Labute approximate surface area is 464 Å². The molecule has 3 fully saturated rings. The van der Waals surface area contributed by atoms with Crippen molar-refractivity contribution in [3.8, 4) is 0 Å². The van der Waals surface area contributed by atoms with Crippen molar-refractivity contribution >= 4 is 320 Å². The minimum absolute atomic E-state index is 0.0107. The van der Waals surface area contributed by atoms with E-state index in [0.29, 0.717) is 0 Å². The molecule has 29 aromatic carbocycles. The summed E-state index contributed by atoms with van der Waals surface area (Å²) < 4.78 is 5.40. The molecule has 6 nitrogen and oxygen atoms in total. The van der Waals surface area contributed by atoms with E-state index >= 15 is 9.59 Å². The van der Waals surface area contributed by atoms with E-state index < -0.39 is 33.6 Å². The number of carbonyl (C=O) groups is 3. The number of carbonyl (C=O) groups excluding carboxylic acids is 3. The minimum atomic E-state index is -0.765. The lowest BCUT2D eigenvalue weighted by Gasteiger charge is -2.44. The summed E-state index contributed by atoms with van der Waals surface area (Å²) in [6.07, 6.45) is 0. The first kappa shape index (κ1) is 34.1. The number of nitrogens with one attached hydrogen (secondary N) is 1. The molecule has 2 spiro atoms. The van der Waals surface area contributed by atoms with Gasteiger partial charge in [0.25, 0.3) is 0 Å². The third-order valence-electron chi connectivity index (χ3n) is 28.7. The summed E-state index contributed by atoms with van der Waals surface area (Å²) in [4.78, 5) is 48.5. The molecule has 2 saturated heterocycles. The molecule has 7 aliphatic rings. The van der Waals surface area contributed by atoms with Crippen molar-refractivity contribution < 1.29 is 19.1 Å². The molecule has 36 rings (SSSR count). The van der Waals surface area contributed by atoms with Gasteiger partial charge in [-0.2, -0.15) is 0 Å². The molecule has 2 heterocycles. The highest BCUT2D eigenvalue weighted by atomic mass is 32.2. The number of nitrogens with zero attached hydrogens (tertiary/aromatic N) is 1. The van der Waals surface area contributed by atoms with Gasteiger partial charge in [-0.1, -0.05) is 30.3 Å². The second kappa shape index (κ2) is 8.08. The number of thioether (sulfide) groups is 1. The number of hydrogen-bond donors (Lipinski definition) is 1. The molecule has 7 heteroatoms. The Morgan fingerprint density at radius 1 is 0.405 bits per heavy atom. The first-order valence-corrected chi connectivity index (χ1v) is 31.5. The number of ether oxygens (including phenoxy) is 1. The highest BCUT2D eigenvalue weighted by Gasteiger charge is 2.89. The van der Waals surface area contributed by atoms with Crippen molar-refractivity contribution in [2.24, 2.45) is 5.92 Å². The lowest BCUT2D eigenvalue weighted by Crippen LogP contribution is -2.71. The van der Waals surface area contributed by atoms with Crippen molar-refractivity contribution in [1.29, 1.82) is 0 Å². The van der Waals surface area contributed by atoms with Crippen LogP contribution in [-0.2, 0) is 36.6 Å². The number of fused-ring (bicyclic) bond motifs is 1. The number of esters is 1. The van der Waals surface area contributed by atoms with Crippen molar-refractivity contribution in [2.75, 3.05) is 0 Å². The van der Waals surface area contributed by atoms with E-state index in [-0.39, 0.29) is 29.8 Å². The predicted octanol–water partition coefficient (Wildman–Crippen LogP) is 17.2. The molecule has 366 valence electrons. The van der Waals surface area contributed by atoms with E-state index in [1.807, 2.05) is 30.3 Å². The van der Waals surface area contributed by atoms with Gasteiger partial charge in [0.05, 0.1) is 16.7 Å². The van der Waals surface area contributed by atoms with E-state index in [1.54, 1.807) is 167 Å². The quantitative estimate of drug-likeness (QED) is 0.106. The SMILES string of the molecule is CC1(C)S[C@@H]2[C@H](NC(=O)C3C45c6c7c8c9c%10c%11c(c%12c%13c4c4c6c6c%14c7c7c8c8c%10c%10c%15c%11c%11c%12c%12c%13c%13c4c4c6c6c%14c%14c7c7c8c%10c8c%10c%15c%11c%11c%12c%12c%13c4c4c6c6c%14c7c8c7c%10c%11c%12c4c67)C935)C(=O)N2[C@H]1C(=O)OCc1ccccc1. The minimum Gasteiger partial charge on any atom is -0.459 e. The summed E-state index contributed by atoms with van der Waals surface area (Å²) in [7, 11) is 0. The first-order valence-electron chi connectivity index (χ1n) is 30.7. The fourth-order valence-corrected chi connectivity index (χ4v) is 29.6. The Morgan fingerprint density at radius 3 is 0.917 bits per heavy atom. The van der Waals surface area contributed by atoms with Crippen LogP contribution in [0.4, 0.5) is 0 Å². The second-order valence-electron chi connectivity index (χ2n) is 30.1. The lowest BCUT2D eigenvalue weighted by atomic mass is 9.68. The second-order valence-corrected chi connectivity index (χ2v) is 31.9. The normalized spacial score (nSPS) is 26.0. The van der Waals surface area contributed by atoms with Crippen LogP contribution in [-0.4, -0.2) is 44.9 Å².